The number of H-pyrrole nitrogens is 1. The molecule has 1 saturated carbocycles. The summed E-state index contributed by atoms with van der Waals surface area (Å²) >= 11 is 6.63. The van der Waals surface area contributed by atoms with Crippen LogP contribution in [0.4, 0.5) is 0 Å². The normalized spacial score (nSPS) is 28.9. The number of aromatic nitrogens is 2. The van der Waals surface area contributed by atoms with Gasteiger partial charge in [-0.3, -0.25) is 0 Å². The number of hydrogen-bond acceptors (Lipinski definition) is 8. The largest absolute Gasteiger partial charge is 0.469 e. The van der Waals surface area contributed by atoms with Crippen LogP contribution in [0.25, 0.3) is 22.3 Å². The number of ether oxygens (including phenoxy) is 3. The van der Waals surface area contributed by atoms with E-state index in [2.05, 4.69) is 27.9 Å². The monoisotopic (exact) mass is 572 g/mol. The molecule has 6 rings (SSSR count). The van der Waals surface area contributed by atoms with Crippen molar-refractivity contribution >= 4 is 32.7 Å². The van der Waals surface area contributed by atoms with E-state index in [9.17, 15) is 18.8 Å². The van der Waals surface area contributed by atoms with Crippen LogP contribution in [0.2, 0.25) is 5.02 Å². The van der Waals surface area contributed by atoms with Gasteiger partial charge < -0.3 is 24.3 Å². The van der Waals surface area contributed by atoms with Gasteiger partial charge in [-0.2, -0.15) is 5.26 Å². The molecule has 0 bridgehead atoms. The molecule has 3 aromatic rings. The third-order valence-electron chi connectivity index (χ3n) is 7.81. The van der Waals surface area contributed by atoms with Crippen LogP contribution in [0.3, 0.4) is 0 Å². The number of halogens is 1. The molecule has 1 aliphatic carbocycles. The zero-order valence-electron chi connectivity index (χ0n) is 21.3. The van der Waals surface area contributed by atoms with E-state index in [1.165, 1.54) is 11.8 Å². The van der Waals surface area contributed by atoms with Crippen LogP contribution in [0, 0.1) is 11.3 Å². The first-order valence-corrected chi connectivity index (χ1v) is 15.2. The van der Waals surface area contributed by atoms with E-state index in [0.717, 1.165) is 31.2 Å². The Morgan fingerprint density at radius 3 is 2.56 bits per heavy atom. The van der Waals surface area contributed by atoms with Crippen molar-refractivity contribution in [2.75, 3.05) is 19.5 Å². The number of aliphatic hydroxyl groups excluding tert-OH is 1. The molecule has 3 aliphatic rings. The number of aromatic amines is 1. The molecule has 1 aromatic carbocycles. The zero-order valence-corrected chi connectivity index (χ0v) is 22.8. The maximum Gasteiger partial charge on any atom is 0.212 e. The molecule has 0 spiro atoms. The Labute approximate surface area is 231 Å². The molecule has 2 aromatic heterocycles. The number of nitrogens with one attached hydrogen (secondary N) is 2. The van der Waals surface area contributed by atoms with Gasteiger partial charge >= 0.3 is 0 Å². The fourth-order valence-electron chi connectivity index (χ4n) is 5.92. The maximum atomic E-state index is 11.5. The predicted octanol–water partition coefficient (Wildman–Crippen LogP) is 3.24. The Morgan fingerprint density at radius 2 is 1.87 bits per heavy atom. The lowest BCUT2D eigenvalue weighted by Crippen LogP contribution is -2.36. The molecular formula is C27H29ClN4O6S. The summed E-state index contributed by atoms with van der Waals surface area (Å²) in [6.45, 7) is 0.433. The van der Waals surface area contributed by atoms with Crippen LogP contribution in [0.5, 0.6) is 5.88 Å². The van der Waals surface area contributed by atoms with Crippen LogP contribution < -0.4 is 9.46 Å². The van der Waals surface area contributed by atoms with Gasteiger partial charge in [0.25, 0.3) is 0 Å². The quantitative estimate of drug-likeness (QED) is 0.408. The number of nitriles is 1. The SMILES string of the molecule is CS(=O)(=O)NC1CCC(c2ccc(-c3nc4c(C#N)c(O[C@@H]5CO[C@H]6[C@@H]5OC[C@H]6O)[nH]c4cc3Cl)cc2)CC1. The average molecular weight is 573 g/mol. The standard InChI is InChI=1S/C27H29ClN4O6S/c1-39(34,35)32-17-8-6-15(7-9-17)14-2-4-16(5-3-14)23-19(28)10-20-24(31-23)18(11-29)27(30-20)38-22-13-37-25-21(33)12-36-26(22)25/h2-5,10,15,17,21-22,25-26,30,32-33H,6-9,12-13H2,1H3/t15?,17?,21-,22-,25-,26-/m1/s1. The van der Waals surface area contributed by atoms with E-state index < -0.39 is 34.4 Å². The second-order valence-electron chi connectivity index (χ2n) is 10.5. The average Bonchev–Trinajstić information content (AvgIpc) is 3.58. The van der Waals surface area contributed by atoms with Crippen molar-refractivity contribution in [2.45, 2.75) is 62.1 Å². The Kier molecular flexibility index (Phi) is 7.03. The molecule has 39 heavy (non-hydrogen) atoms. The summed E-state index contributed by atoms with van der Waals surface area (Å²) in [5.41, 5.74) is 3.88. The summed E-state index contributed by atoms with van der Waals surface area (Å²) in [4.78, 5) is 7.86. The van der Waals surface area contributed by atoms with Gasteiger partial charge in [0, 0.05) is 11.6 Å². The van der Waals surface area contributed by atoms with Crippen LogP contribution in [-0.4, -0.2) is 73.4 Å². The lowest BCUT2D eigenvalue weighted by molar-refractivity contribution is 0.00789. The van der Waals surface area contributed by atoms with Gasteiger partial charge in [0.1, 0.15) is 35.5 Å². The second kappa shape index (κ2) is 10.4. The van der Waals surface area contributed by atoms with Crippen molar-refractivity contribution < 1.29 is 27.7 Å². The van der Waals surface area contributed by atoms with Gasteiger partial charge in [-0.25, -0.2) is 18.1 Å². The highest BCUT2D eigenvalue weighted by Crippen LogP contribution is 2.38. The van der Waals surface area contributed by atoms with Crippen molar-refractivity contribution in [1.82, 2.24) is 14.7 Å². The van der Waals surface area contributed by atoms with Gasteiger partial charge in [-0.1, -0.05) is 35.9 Å². The number of sulfonamides is 1. The van der Waals surface area contributed by atoms with Crippen LogP contribution >= 0.6 is 11.6 Å². The molecule has 10 nitrogen and oxygen atoms in total. The lowest BCUT2D eigenvalue weighted by Gasteiger charge is -2.29. The first-order chi connectivity index (χ1) is 18.7. The van der Waals surface area contributed by atoms with Crippen LogP contribution in [-0.2, 0) is 19.5 Å². The first-order valence-electron chi connectivity index (χ1n) is 13.0. The Hall–Kier alpha value is -2.72. The van der Waals surface area contributed by atoms with Crippen LogP contribution in [0.15, 0.2) is 30.3 Å². The van der Waals surface area contributed by atoms with E-state index in [-0.39, 0.29) is 30.7 Å². The van der Waals surface area contributed by atoms with Crippen molar-refractivity contribution in [3.05, 3.63) is 46.5 Å². The van der Waals surface area contributed by atoms with Gasteiger partial charge in [-0.05, 0) is 43.2 Å². The number of hydrogen-bond donors (Lipinski definition) is 3. The van der Waals surface area contributed by atoms with E-state index in [1.54, 1.807) is 6.07 Å². The molecule has 2 aliphatic heterocycles. The smallest absolute Gasteiger partial charge is 0.212 e. The summed E-state index contributed by atoms with van der Waals surface area (Å²) < 4.78 is 43.1. The van der Waals surface area contributed by atoms with E-state index in [1.807, 2.05) is 12.1 Å². The summed E-state index contributed by atoms with van der Waals surface area (Å²) in [6.07, 6.45) is 2.62. The third kappa shape index (κ3) is 5.25. The Bertz CT molecular complexity index is 1530. The summed E-state index contributed by atoms with van der Waals surface area (Å²) in [7, 11) is -3.20. The maximum absolute atomic E-state index is 11.5. The molecule has 2 saturated heterocycles. The second-order valence-corrected chi connectivity index (χ2v) is 12.7. The molecule has 206 valence electrons. The fraction of sp³-hybridized carbons (Fsp3) is 0.481. The minimum Gasteiger partial charge on any atom is -0.469 e. The zero-order chi connectivity index (χ0) is 27.3. The molecule has 12 heteroatoms. The van der Waals surface area contributed by atoms with E-state index in [0.29, 0.717) is 27.7 Å². The van der Waals surface area contributed by atoms with E-state index in [4.69, 9.17) is 30.8 Å². The number of fused-ring (bicyclic) bond motifs is 2. The fourth-order valence-corrected chi connectivity index (χ4v) is 7.02. The highest BCUT2D eigenvalue weighted by atomic mass is 35.5. The molecule has 3 N–H and O–H groups in total. The molecule has 0 unspecified atom stereocenters. The minimum atomic E-state index is -3.20. The highest BCUT2D eigenvalue weighted by Gasteiger charge is 2.48. The van der Waals surface area contributed by atoms with Gasteiger partial charge in [-0.15, -0.1) is 0 Å². The van der Waals surface area contributed by atoms with Gasteiger partial charge in [0.2, 0.25) is 15.9 Å². The summed E-state index contributed by atoms with van der Waals surface area (Å²) in [6, 6.07) is 12.0. The molecule has 4 atom stereocenters. The molecule has 0 amide bonds. The molecule has 0 radical (unpaired) electrons. The number of benzene rings is 1. The van der Waals surface area contributed by atoms with Crippen molar-refractivity contribution in [1.29, 1.82) is 5.26 Å². The third-order valence-corrected chi connectivity index (χ3v) is 8.86. The number of pyridine rings is 1. The van der Waals surface area contributed by atoms with Crippen molar-refractivity contribution in [3.63, 3.8) is 0 Å². The molecular weight excluding hydrogens is 544 g/mol. The molecule has 3 fully saturated rings. The van der Waals surface area contributed by atoms with Crippen molar-refractivity contribution in [3.8, 4) is 23.2 Å². The highest BCUT2D eigenvalue weighted by molar-refractivity contribution is 7.88. The van der Waals surface area contributed by atoms with Crippen molar-refractivity contribution in [2.24, 2.45) is 0 Å². The topological polar surface area (TPSA) is 147 Å². The molecule has 4 heterocycles. The predicted molar refractivity (Wildman–Crippen MR) is 144 cm³/mol. The number of aliphatic hydroxyl groups is 1. The number of nitrogens with zero attached hydrogens (tertiary/aromatic N) is 2. The minimum absolute atomic E-state index is 0.00489. The first kappa shape index (κ1) is 26.5. The lowest BCUT2D eigenvalue weighted by atomic mass is 9.82. The van der Waals surface area contributed by atoms with Crippen LogP contribution in [0.1, 0.15) is 42.7 Å². The summed E-state index contributed by atoms with van der Waals surface area (Å²) in [5.74, 6) is 0.630. The summed E-state index contributed by atoms with van der Waals surface area (Å²) in [5, 5.41) is 20.4. The Morgan fingerprint density at radius 1 is 1.15 bits per heavy atom. The number of rotatable bonds is 6. The Balaban J connectivity index is 1.21. The van der Waals surface area contributed by atoms with Gasteiger partial charge in [0.05, 0.1) is 35.7 Å². The van der Waals surface area contributed by atoms with E-state index >= 15 is 0 Å². The van der Waals surface area contributed by atoms with Gasteiger partial charge in [0.15, 0.2) is 6.10 Å².